The molecule has 0 saturated carbocycles. The first-order valence-corrected chi connectivity index (χ1v) is 10.1. The van der Waals surface area contributed by atoms with Crippen LogP contribution in [0.25, 0.3) is 11.2 Å². The van der Waals surface area contributed by atoms with Crippen LogP contribution in [0, 0.1) is 0 Å². The molecule has 1 aliphatic rings. The number of aliphatic hydroxyl groups is 2. The van der Waals surface area contributed by atoms with E-state index in [4.69, 9.17) is 19.6 Å². The Morgan fingerprint density at radius 1 is 1.23 bits per heavy atom. The van der Waals surface area contributed by atoms with E-state index in [2.05, 4.69) is 24.8 Å². The van der Waals surface area contributed by atoms with Gasteiger partial charge in [0, 0.05) is 0 Å². The number of carbonyl (C=O) groups is 2. The lowest BCUT2D eigenvalue weighted by Crippen LogP contribution is -2.33. The number of nitrogens with zero attached hydrogens (tertiary/aromatic N) is 4. The van der Waals surface area contributed by atoms with Crippen LogP contribution in [0.4, 0.5) is 5.82 Å². The van der Waals surface area contributed by atoms with Crippen molar-refractivity contribution in [3.05, 3.63) is 12.7 Å². The highest BCUT2D eigenvalue weighted by molar-refractivity contribution is 7.46. The second-order valence-electron chi connectivity index (χ2n) is 6.51. The van der Waals surface area contributed by atoms with Gasteiger partial charge in [0.05, 0.1) is 19.4 Å². The number of aliphatic hydroxyl groups excluding tert-OH is 2. The molecular formula is C14H18N5O11P. The maximum atomic E-state index is 11.3. The van der Waals surface area contributed by atoms with Crippen LogP contribution in [0.15, 0.2) is 12.7 Å². The third kappa shape index (κ3) is 5.13. The van der Waals surface area contributed by atoms with Crippen molar-refractivity contribution < 1.29 is 53.6 Å². The Hall–Kier alpha value is -2.72. The smallest absolute Gasteiger partial charge is 0.469 e. The molecule has 1 aliphatic heterocycles. The van der Waals surface area contributed by atoms with Crippen LogP contribution in [0.3, 0.4) is 0 Å². The van der Waals surface area contributed by atoms with Crippen molar-refractivity contribution >= 4 is 36.7 Å². The molecule has 2 aromatic heterocycles. The van der Waals surface area contributed by atoms with E-state index < -0.39 is 63.4 Å². The fourth-order valence-corrected chi connectivity index (χ4v) is 3.29. The second-order valence-corrected chi connectivity index (χ2v) is 7.75. The molecule has 170 valence electrons. The summed E-state index contributed by atoms with van der Waals surface area (Å²) in [7, 11) is -4.83. The third-order valence-electron chi connectivity index (χ3n) is 4.36. The van der Waals surface area contributed by atoms with Crippen LogP contribution < -0.4 is 5.32 Å². The van der Waals surface area contributed by atoms with Crippen molar-refractivity contribution in [2.75, 3.05) is 11.9 Å². The molecule has 3 heterocycles. The number of phosphoric ester groups is 1. The molecule has 0 amide bonds. The molecule has 7 N–H and O–H groups in total. The lowest BCUT2D eigenvalue weighted by atomic mass is 10.1. The Labute approximate surface area is 172 Å². The SMILES string of the molecule is O=C(O)C[C@H](Nc1ncnc2c1ncn2C1OC(COP(=O)(O)O)C(O)C1O)C(=O)O. The van der Waals surface area contributed by atoms with Crippen LogP contribution in [0.1, 0.15) is 12.6 Å². The molecule has 0 bridgehead atoms. The topological polar surface area (TPSA) is 247 Å². The Morgan fingerprint density at radius 2 is 1.94 bits per heavy atom. The normalized spacial score (nSPS) is 24.9. The van der Waals surface area contributed by atoms with Gasteiger partial charge >= 0.3 is 19.8 Å². The van der Waals surface area contributed by atoms with Gasteiger partial charge in [0.15, 0.2) is 23.2 Å². The third-order valence-corrected chi connectivity index (χ3v) is 4.85. The molecule has 0 spiro atoms. The highest BCUT2D eigenvalue weighted by Gasteiger charge is 2.45. The highest BCUT2D eigenvalue weighted by atomic mass is 31.2. The average Bonchev–Trinajstić information content (AvgIpc) is 3.21. The molecular weight excluding hydrogens is 445 g/mol. The van der Waals surface area contributed by atoms with E-state index in [1.54, 1.807) is 0 Å². The van der Waals surface area contributed by atoms with Gasteiger partial charge in [-0.25, -0.2) is 24.3 Å². The molecule has 17 heteroatoms. The zero-order valence-electron chi connectivity index (χ0n) is 15.4. The van der Waals surface area contributed by atoms with Crippen molar-refractivity contribution in [3.63, 3.8) is 0 Å². The number of rotatable bonds is 9. The fraction of sp³-hybridized carbons (Fsp3) is 0.500. The number of fused-ring (bicyclic) bond motifs is 1. The molecule has 2 aromatic rings. The Balaban J connectivity index is 1.86. The number of carboxylic acids is 2. The van der Waals surface area contributed by atoms with E-state index in [9.17, 15) is 29.5 Å². The minimum atomic E-state index is -4.83. The molecule has 0 aliphatic carbocycles. The van der Waals surface area contributed by atoms with E-state index in [1.165, 1.54) is 4.57 Å². The zero-order chi connectivity index (χ0) is 22.9. The Bertz CT molecular complexity index is 1030. The van der Waals surface area contributed by atoms with Gasteiger partial charge in [0.25, 0.3) is 0 Å². The number of nitrogens with one attached hydrogen (secondary N) is 1. The molecule has 5 atom stereocenters. The molecule has 31 heavy (non-hydrogen) atoms. The minimum Gasteiger partial charge on any atom is -0.481 e. The summed E-state index contributed by atoms with van der Waals surface area (Å²) in [5, 5.41) is 40.9. The standard InChI is InChI=1S/C14H18N5O11P/c20-7(21)1-5(14(24)25)18-11-8-12(16-3-15-11)19(4-17-8)13-10(23)9(22)6(30-13)2-29-31(26,27)28/h3-6,9-10,13,22-23H,1-2H2,(H,20,21)(H,24,25)(H,15,16,18)(H2,26,27,28)/t5-,6?,9?,10?,13?/m0/s1. The van der Waals surface area contributed by atoms with E-state index in [1.807, 2.05) is 0 Å². The van der Waals surface area contributed by atoms with E-state index in [0.29, 0.717) is 0 Å². The number of aromatic nitrogens is 4. The van der Waals surface area contributed by atoms with E-state index >= 15 is 0 Å². The summed E-state index contributed by atoms with van der Waals surface area (Å²) in [6.07, 6.45) is -4.20. The monoisotopic (exact) mass is 463 g/mol. The molecule has 16 nitrogen and oxygen atoms in total. The van der Waals surface area contributed by atoms with Crippen LogP contribution >= 0.6 is 7.82 Å². The first-order chi connectivity index (χ1) is 14.5. The molecule has 1 saturated heterocycles. The number of aliphatic carboxylic acids is 2. The fourth-order valence-electron chi connectivity index (χ4n) is 2.95. The van der Waals surface area contributed by atoms with Crippen molar-refractivity contribution in [1.82, 2.24) is 19.5 Å². The predicted octanol–water partition coefficient (Wildman–Crippen LogP) is -2.11. The van der Waals surface area contributed by atoms with Gasteiger partial charge in [0.2, 0.25) is 0 Å². The lowest BCUT2D eigenvalue weighted by Gasteiger charge is -2.17. The number of phosphoric acid groups is 1. The van der Waals surface area contributed by atoms with Gasteiger partial charge in [-0.15, -0.1) is 0 Å². The number of imidazole rings is 1. The molecule has 3 rings (SSSR count). The zero-order valence-corrected chi connectivity index (χ0v) is 16.3. The maximum Gasteiger partial charge on any atom is 0.469 e. The summed E-state index contributed by atoms with van der Waals surface area (Å²) in [5.41, 5.74) is 0.0733. The quantitative estimate of drug-likeness (QED) is 0.197. The summed E-state index contributed by atoms with van der Waals surface area (Å²) in [5.74, 6) is -2.87. The Kier molecular flexibility index (Phi) is 6.51. The number of hydrogen-bond acceptors (Lipinski definition) is 11. The van der Waals surface area contributed by atoms with Gasteiger partial charge in [-0.05, 0) is 0 Å². The minimum absolute atomic E-state index is 0.0272. The largest absolute Gasteiger partial charge is 0.481 e. The van der Waals surface area contributed by atoms with E-state index in [0.717, 1.165) is 12.7 Å². The number of anilines is 1. The van der Waals surface area contributed by atoms with Gasteiger partial charge in [-0.3, -0.25) is 13.9 Å². The highest BCUT2D eigenvalue weighted by Crippen LogP contribution is 2.39. The second kappa shape index (κ2) is 8.80. The lowest BCUT2D eigenvalue weighted by molar-refractivity contribution is -0.144. The molecule has 0 aromatic carbocycles. The summed E-state index contributed by atoms with van der Waals surface area (Å²) in [6.45, 7) is -0.705. The van der Waals surface area contributed by atoms with Gasteiger partial charge in [-0.2, -0.15) is 0 Å². The maximum absolute atomic E-state index is 11.3. The summed E-state index contributed by atoms with van der Waals surface area (Å²) < 4.78 is 21.8. The molecule has 4 unspecified atom stereocenters. The molecule has 0 radical (unpaired) electrons. The van der Waals surface area contributed by atoms with Gasteiger partial charge in [0.1, 0.15) is 30.7 Å². The van der Waals surface area contributed by atoms with Crippen molar-refractivity contribution in [1.29, 1.82) is 0 Å². The summed E-state index contributed by atoms with van der Waals surface area (Å²) in [6, 6.07) is -1.51. The number of hydrogen-bond donors (Lipinski definition) is 7. The van der Waals surface area contributed by atoms with Gasteiger partial charge in [-0.1, -0.05) is 0 Å². The van der Waals surface area contributed by atoms with Crippen LogP contribution in [0.2, 0.25) is 0 Å². The first kappa shape index (κ1) is 23.0. The van der Waals surface area contributed by atoms with Gasteiger partial charge < -0.3 is 40.3 Å². The predicted molar refractivity (Wildman–Crippen MR) is 96.5 cm³/mol. The number of carboxylic acid groups (broad SMARTS) is 2. The van der Waals surface area contributed by atoms with E-state index in [-0.39, 0.29) is 17.0 Å². The first-order valence-electron chi connectivity index (χ1n) is 8.58. The van der Waals surface area contributed by atoms with Crippen LogP contribution in [-0.4, -0.2) is 92.6 Å². The number of ether oxygens (including phenoxy) is 1. The van der Waals surface area contributed by atoms with Crippen molar-refractivity contribution in [3.8, 4) is 0 Å². The van der Waals surface area contributed by atoms with Crippen molar-refractivity contribution in [2.24, 2.45) is 0 Å². The molecule has 1 fully saturated rings. The average molecular weight is 463 g/mol. The van der Waals surface area contributed by atoms with Crippen LogP contribution in [0.5, 0.6) is 0 Å². The summed E-state index contributed by atoms with van der Waals surface area (Å²) >= 11 is 0. The summed E-state index contributed by atoms with van der Waals surface area (Å²) in [4.78, 5) is 51.6. The van der Waals surface area contributed by atoms with Crippen LogP contribution in [-0.2, 0) is 23.4 Å². The Morgan fingerprint density at radius 3 is 2.55 bits per heavy atom. The van der Waals surface area contributed by atoms with Crippen molar-refractivity contribution in [2.45, 2.75) is 37.0 Å².